The molecule has 0 spiro atoms. The van der Waals surface area contributed by atoms with E-state index in [9.17, 15) is 0 Å². The minimum Gasteiger partial charge on any atom is -0.390 e. The van der Waals surface area contributed by atoms with Crippen LogP contribution in [0, 0.1) is 0 Å². The maximum absolute atomic E-state index is 5.24. The van der Waals surface area contributed by atoms with Gasteiger partial charge in [0.05, 0.1) is 24.3 Å². The van der Waals surface area contributed by atoms with E-state index in [4.69, 9.17) is 4.84 Å². The first-order chi connectivity index (χ1) is 6.45. The van der Waals surface area contributed by atoms with Gasteiger partial charge in [-0.05, 0) is 6.07 Å². The van der Waals surface area contributed by atoms with Crippen molar-refractivity contribution in [2.45, 2.75) is 6.61 Å². The molecule has 0 N–H and O–H groups in total. The van der Waals surface area contributed by atoms with E-state index >= 15 is 0 Å². The highest BCUT2D eigenvalue weighted by Crippen LogP contribution is 1.90. The van der Waals surface area contributed by atoms with Crippen molar-refractivity contribution in [2.24, 2.45) is 0 Å². The first kappa shape index (κ1) is 7.72. The predicted molar refractivity (Wildman–Crippen MR) is 44.5 cm³/mol. The second-order valence-electron chi connectivity index (χ2n) is 2.38. The van der Waals surface area contributed by atoms with E-state index in [0.717, 1.165) is 5.69 Å². The zero-order valence-corrected chi connectivity index (χ0v) is 6.87. The second-order valence-corrected chi connectivity index (χ2v) is 2.38. The third-order valence-corrected chi connectivity index (χ3v) is 1.44. The van der Waals surface area contributed by atoms with Gasteiger partial charge in [0, 0.05) is 12.4 Å². The van der Waals surface area contributed by atoms with Crippen molar-refractivity contribution in [2.75, 3.05) is 0 Å². The lowest BCUT2D eigenvalue weighted by atomic mass is 10.5. The average molecular weight is 176 g/mol. The van der Waals surface area contributed by atoms with Gasteiger partial charge in [-0.2, -0.15) is 0 Å². The zero-order valence-electron chi connectivity index (χ0n) is 6.87. The van der Waals surface area contributed by atoms with Gasteiger partial charge in [-0.15, -0.1) is 9.94 Å². The molecule has 13 heavy (non-hydrogen) atoms. The Bertz CT molecular complexity index is 346. The number of rotatable bonds is 3. The molecule has 2 aromatic heterocycles. The van der Waals surface area contributed by atoms with E-state index in [0.29, 0.717) is 6.61 Å². The van der Waals surface area contributed by atoms with Crippen LogP contribution in [-0.4, -0.2) is 19.9 Å². The maximum Gasteiger partial charge on any atom is 0.160 e. The molecule has 2 rings (SSSR count). The number of aromatic nitrogens is 4. The molecule has 5 nitrogen and oxygen atoms in total. The van der Waals surface area contributed by atoms with Crippen LogP contribution in [0.3, 0.4) is 0 Å². The number of nitrogens with zero attached hydrogens (tertiary/aromatic N) is 4. The van der Waals surface area contributed by atoms with E-state index in [1.54, 1.807) is 37.1 Å². The average Bonchev–Trinajstić information content (AvgIpc) is 2.69. The van der Waals surface area contributed by atoms with Crippen LogP contribution in [0.25, 0.3) is 0 Å². The van der Waals surface area contributed by atoms with Crippen molar-refractivity contribution in [3.8, 4) is 0 Å². The first-order valence-corrected chi connectivity index (χ1v) is 3.83. The van der Waals surface area contributed by atoms with Gasteiger partial charge < -0.3 is 4.84 Å². The van der Waals surface area contributed by atoms with Gasteiger partial charge in [-0.3, -0.25) is 9.97 Å². The second kappa shape index (κ2) is 3.66. The summed E-state index contributed by atoms with van der Waals surface area (Å²) >= 11 is 0. The topological polar surface area (TPSA) is 52.8 Å². The van der Waals surface area contributed by atoms with Crippen LogP contribution in [-0.2, 0) is 6.61 Å². The summed E-state index contributed by atoms with van der Waals surface area (Å²) in [7, 11) is 0. The summed E-state index contributed by atoms with van der Waals surface area (Å²) < 4.78 is 0. The Morgan fingerprint density at radius 1 is 1.31 bits per heavy atom. The molecule has 0 unspecified atom stereocenters. The molecule has 0 atom stereocenters. The summed E-state index contributed by atoms with van der Waals surface area (Å²) in [5.41, 5.74) is 0.776. The molecule has 2 heterocycles. The van der Waals surface area contributed by atoms with Gasteiger partial charge in [-0.25, -0.2) is 0 Å². The molecule has 0 aromatic carbocycles. The van der Waals surface area contributed by atoms with Crippen LogP contribution < -0.4 is 4.84 Å². The molecule has 0 saturated heterocycles. The lowest BCUT2D eigenvalue weighted by Crippen LogP contribution is -2.12. The smallest absolute Gasteiger partial charge is 0.160 e. The fourth-order valence-electron chi connectivity index (χ4n) is 0.868. The standard InChI is InChI=1S/C8H8N4O/c1-2-11-12(5-1)13-7-8-6-9-3-4-10-8/h1-6H,7H2. The van der Waals surface area contributed by atoms with Crippen molar-refractivity contribution in [1.82, 2.24) is 19.9 Å². The Labute approximate surface area is 75.0 Å². The summed E-state index contributed by atoms with van der Waals surface area (Å²) in [6, 6.07) is 1.79. The Balaban J connectivity index is 1.94. The summed E-state index contributed by atoms with van der Waals surface area (Å²) in [5.74, 6) is 0. The van der Waals surface area contributed by atoms with E-state index in [1.807, 2.05) is 0 Å². The highest BCUT2D eigenvalue weighted by atomic mass is 16.7. The van der Waals surface area contributed by atoms with Gasteiger partial charge in [0.1, 0.15) is 0 Å². The minimum atomic E-state index is 0.371. The Morgan fingerprint density at radius 2 is 2.31 bits per heavy atom. The van der Waals surface area contributed by atoms with E-state index in [2.05, 4.69) is 15.1 Å². The van der Waals surface area contributed by atoms with Gasteiger partial charge in [0.15, 0.2) is 6.61 Å². The molecule has 0 fully saturated rings. The van der Waals surface area contributed by atoms with Crippen LogP contribution in [0.4, 0.5) is 0 Å². The van der Waals surface area contributed by atoms with Crippen LogP contribution in [0.5, 0.6) is 0 Å². The predicted octanol–water partition coefficient (Wildman–Crippen LogP) is 0.302. The molecule has 0 radical (unpaired) electrons. The maximum atomic E-state index is 5.24. The fraction of sp³-hybridized carbons (Fsp3) is 0.125. The third kappa shape index (κ3) is 2.02. The third-order valence-electron chi connectivity index (χ3n) is 1.44. The lowest BCUT2D eigenvalue weighted by Gasteiger charge is -2.02. The van der Waals surface area contributed by atoms with Gasteiger partial charge in [0.2, 0.25) is 0 Å². The normalized spacial score (nSPS) is 9.85. The Morgan fingerprint density at radius 3 is 3.00 bits per heavy atom. The molecule has 2 aromatic rings. The van der Waals surface area contributed by atoms with Crippen molar-refractivity contribution >= 4 is 0 Å². The summed E-state index contributed by atoms with van der Waals surface area (Å²) in [6.07, 6.45) is 8.27. The SMILES string of the molecule is c1cnn(OCc2cnccn2)c1. The van der Waals surface area contributed by atoms with Crippen LogP contribution in [0.15, 0.2) is 37.1 Å². The van der Waals surface area contributed by atoms with Gasteiger partial charge in [0.25, 0.3) is 0 Å². The molecule has 0 aliphatic carbocycles. The fourth-order valence-corrected chi connectivity index (χ4v) is 0.868. The van der Waals surface area contributed by atoms with Crippen LogP contribution in [0.2, 0.25) is 0 Å². The Kier molecular flexibility index (Phi) is 2.18. The largest absolute Gasteiger partial charge is 0.390 e. The molecule has 0 aliphatic rings. The van der Waals surface area contributed by atoms with Crippen LogP contribution in [0.1, 0.15) is 5.69 Å². The number of hydrogen-bond donors (Lipinski definition) is 0. The van der Waals surface area contributed by atoms with Crippen LogP contribution >= 0.6 is 0 Å². The van der Waals surface area contributed by atoms with Gasteiger partial charge in [-0.1, -0.05) is 0 Å². The highest BCUT2D eigenvalue weighted by molar-refractivity contribution is 4.91. The highest BCUT2D eigenvalue weighted by Gasteiger charge is 1.94. The van der Waals surface area contributed by atoms with Crippen molar-refractivity contribution in [3.05, 3.63) is 42.7 Å². The quantitative estimate of drug-likeness (QED) is 0.675. The minimum absolute atomic E-state index is 0.371. The first-order valence-electron chi connectivity index (χ1n) is 3.83. The zero-order chi connectivity index (χ0) is 8.93. The molecule has 66 valence electrons. The summed E-state index contributed by atoms with van der Waals surface area (Å²) in [6.45, 7) is 0.371. The van der Waals surface area contributed by atoms with E-state index < -0.39 is 0 Å². The van der Waals surface area contributed by atoms with Crippen molar-refractivity contribution in [3.63, 3.8) is 0 Å². The molecule has 0 aliphatic heterocycles. The Hall–Kier alpha value is -1.91. The summed E-state index contributed by atoms with van der Waals surface area (Å²) in [5, 5.41) is 3.88. The molecular weight excluding hydrogens is 168 g/mol. The number of hydrogen-bond acceptors (Lipinski definition) is 4. The summed E-state index contributed by atoms with van der Waals surface area (Å²) in [4.78, 5) is 14.6. The van der Waals surface area contributed by atoms with Gasteiger partial charge >= 0.3 is 0 Å². The lowest BCUT2D eigenvalue weighted by molar-refractivity contribution is 0.0679. The molecule has 0 bridgehead atoms. The molecule has 5 heteroatoms. The van der Waals surface area contributed by atoms with Crippen molar-refractivity contribution in [1.29, 1.82) is 0 Å². The molecular formula is C8H8N4O. The molecule has 0 saturated carbocycles. The van der Waals surface area contributed by atoms with E-state index in [-0.39, 0.29) is 0 Å². The monoisotopic (exact) mass is 176 g/mol. The van der Waals surface area contributed by atoms with Crippen molar-refractivity contribution < 1.29 is 4.84 Å². The molecule has 0 amide bonds. The van der Waals surface area contributed by atoms with E-state index in [1.165, 1.54) is 4.85 Å².